The average molecular weight is 347 g/mol. The van der Waals surface area contributed by atoms with E-state index in [2.05, 4.69) is 15.9 Å². The fourth-order valence-electron chi connectivity index (χ4n) is 2.21. The van der Waals surface area contributed by atoms with Crippen molar-refractivity contribution in [2.24, 2.45) is 0 Å². The topological polar surface area (TPSA) is 40.5 Å². The van der Waals surface area contributed by atoms with Gasteiger partial charge in [-0.1, -0.05) is 11.6 Å². The Labute approximate surface area is 126 Å². The lowest BCUT2D eigenvalue weighted by Crippen LogP contribution is -2.45. The maximum atomic E-state index is 12.6. The molecule has 3 nitrogen and oxygen atoms in total. The second kappa shape index (κ2) is 6.73. The van der Waals surface area contributed by atoms with E-state index in [1.54, 1.807) is 18.2 Å². The molecule has 1 aromatic rings. The van der Waals surface area contributed by atoms with Crippen LogP contribution in [0.4, 0.5) is 0 Å². The highest BCUT2D eigenvalue weighted by atomic mass is 79.9. The highest BCUT2D eigenvalue weighted by Gasteiger charge is 2.29. The number of hydrogen-bond donors (Lipinski definition) is 1. The van der Waals surface area contributed by atoms with E-state index in [0.29, 0.717) is 29.6 Å². The quantitative estimate of drug-likeness (QED) is 0.887. The number of carbonyl (C=O) groups excluding carboxylic acids is 1. The number of benzene rings is 1. The average Bonchev–Trinajstić information content (AvgIpc) is 2.34. The molecule has 1 saturated carbocycles. The molecule has 1 aliphatic rings. The molecule has 0 radical (unpaired) electrons. The van der Waals surface area contributed by atoms with Gasteiger partial charge >= 0.3 is 0 Å². The molecule has 0 aromatic heterocycles. The van der Waals surface area contributed by atoms with E-state index in [-0.39, 0.29) is 12.5 Å². The molecule has 0 bridgehead atoms. The minimum atomic E-state index is -0.00692. The SMILES string of the molecule is O=C(c1cc(Cl)ccc1Br)N(CCCO)C1CCC1. The lowest BCUT2D eigenvalue weighted by atomic mass is 9.90. The molecule has 0 unspecified atom stereocenters. The minimum Gasteiger partial charge on any atom is -0.396 e. The summed E-state index contributed by atoms with van der Waals surface area (Å²) < 4.78 is 0.759. The summed E-state index contributed by atoms with van der Waals surface area (Å²) in [5, 5.41) is 9.53. The number of halogens is 2. The van der Waals surface area contributed by atoms with Crippen molar-refractivity contribution in [3.63, 3.8) is 0 Å². The number of aliphatic hydroxyl groups excluding tert-OH is 1. The monoisotopic (exact) mass is 345 g/mol. The first-order valence-electron chi connectivity index (χ1n) is 6.50. The van der Waals surface area contributed by atoms with Gasteiger partial charge < -0.3 is 10.0 Å². The third-order valence-electron chi connectivity index (χ3n) is 3.49. The standard InChI is InChI=1S/C14H17BrClNO2/c15-13-6-5-10(16)9-12(13)14(19)17(7-2-8-18)11-3-1-4-11/h5-6,9,11,18H,1-4,7-8H2. The summed E-state index contributed by atoms with van der Waals surface area (Å²) in [4.78, 5) is 14.5. The van der Waals surface area contributed by atoms with Gasteiger partial charge in [0.2, 0.25) is 0 Å². The third kappa shape index (κ3) is 3.50. The summed E-state index contributed by atoms with van der Waals surface area (Å²) in [7, 11) is 0. The van der Waals surface area contributed by atoms with Gasteiger partial charge in [0.25, 0.3) is 5.91 Å². The lowest BCUT2D eigenvalue weighted by molar-refractivity contribution is 0.0561. The lowest BCUT2D eigenvalue weighted by Gasteiger charge is -2.37. The van der Waals surface area contributed by atoms with Crippen LogP contribution in [0.25, 0.3) is 0 Å². The van der Waals surface area contributed by atoms with Crippen LogP contribution >= 0.6 is 27.5 Å². The summed E-state index contributed by atoms with van der Waals surface area (Å²) in [6.07, 6.45) is 3.88. The van der Waals surface area contributed by atoms with Gasteiger partial charge in [-0.15, -0.1) is 0 Å². The predicted octanol–water partition coefficient (Wildman–Crippen LogP) is 3.48. The molecule has 2 rings (SSSR count). The zero-order valence-corrected chi connectivity index (χ0v) is 13.0. The van der Waals surface area contributed by atoms with E-state index < -0.39 is 0 Å². The summed E-state index contributed by atoms with van der Waals surface area (Å²) >= 11 is 9.37. The predicted molar refractivity (Wildman–Crippen MR) is 79.5 cm³/mol. The Morgan fingerprint density at radius 1 is 1.47 bits per heavy atom. The van der Waals surface area contributed by atoms with Crippen LogP contribution in [-0.4, -0.2) is 35.1 Å². The van der Waals surface area contributed by atoms with Crippen LogP contribution in [0, 0.1) is 0 Å². The fourth-order valence-corrected chi connectivity index (χ4v) is 2.79. The molecule has 1 aliphatic carbocycles. The summed E-state index contributed by atoms with van der Waals surface area (Å²) in [5.41, 5.74) is 0.595. The van der Waals surface area contributed by atoms with E-state index in [9.17, 15) is 4.79 Å². The number of carbonyl (C=O) groups is 1. The maximum absolute atomic E-state index is 12.6. The van der Waals surface area contributed by atoms with E-state index >= 15 is 0 Å². The third-order valence-corrected chi connectivity index (χ3v) is 4.42. The van der Waals surface area contributed by atoms with Crippen molar-refractivity contribution in [3.8, 4) is 0 Å². The van der Waals surface area contributed by atoms with Crippen LogP contribution in [0.15, 0.2) is 22.7 Å². The van der Waals surface area contributed by atoms with E-state index in [0.717, 1.165) is 17.3 Å². The van der Waals surface area contributed by atoms with Crippen molar-refractivity contribution in [2.75, 3.05) is 13.2 Å². The van der Waals surface area contributed by atoms with Gasteiger partial charge in [-0.25, -0.2) is 0 Å². The minimum absolute atomic E-state index is 0.00692. The van der Waals surface area contributed by atoms with Gasteiger partial charge in [0.15, 0.2) is 0 Å². The van der Waals surface area contributed by atoms with Crippen LogP contribution < -0.4 is 0 Å². The van der Waals surface area contributed by atoms with Crippen LogP contribution in [0.2, 0.25) is 5.02 Å². The number of aliphatic hydroxyl groups is 1. The Bertz CT molecular complexity index is 463. The zero-order chi connectivity index (χ0) is 13.8. The molecule has 5 heteroatoms. The molecule has 1 fully saturated rings. The molecule has 0 spiro atoms. The Morgan fingerprint density at radius 3 is 2.79 bits per heavy atom. The van der Waals surface area contributed by atoms with Gasteiger partial charge in [0.05, 0.1) is 5.56 Å². The fraction of sp³-hybridized carbons (Fsp3) is 0.500. The van der Waals surface area contributed by atoms with E-state index in [4.69, 9.17) is 16.7 Å². The Kier molecular flexibility index (Phi) is 5.25. The number of rotatable bonds is 5. The summed E-state index contributed by atoms with van der Waals surface area (Å²) in [6, 6.07) is 5.55. The normalized spacial score (nSPS) is 15.1. The molecule has 0 aliphatic heterocycles. The molecular formula is C14H17BrClNO2. The number of amides is 1. The van der Waals surface area contributed by atoms with E-state index in [1.807, 2.05) is 4.90 Å². The Morgan fingerprint density at radius 2 is 2.21 bits per heavy atom. The molecule has 1 amide bonds. The van der Waals surface area contributed by atoms with Gasteiger partial charge in [0.1, 0.15) is 0 Å². The smallest absolute Gasteiger partial charge is 0.255 e. The maximum Gasteiger partial charge on any atom is 0.255 e. The molecule has 19 heavy (non-hydrogen) atoms. The van der Waals surface area contributed by atoms with Gasteiger partial charge in [-0.05, 0) is 59.8 Å². The number of hydrogen-bond acceptors (Lipinski definition) is 2. The molecule has 0 saturated heterocycles. The van der Waals surface area contributed by atoms with Crippen molar-refractivity contribution < 1.29 is 9.90 Å². The number of nitrogens with zero attached hydrogens (tertiary/aromatic N) is 1. The van der Waals surface area contributed by atoms with Crippen LogP contribution in [0.3, 0.4) is 0 Å². The first-order valence-corrected chi connectivity index (χ1v) is 7.67. The van der Waals surface area contributed by atoms with E-state index in [1.165, 1.54) is 6.42 Å². The molecular weight excluding hydrogens is 330 g/mol. The molecule has 1 aromatic carbocycles. The van der Waals surface area contributed by atoms with Crippen LogP contribution in [-0.2, 0) is 0 Å². The van der Waals surface area contributed by atoms with Crippen molar-refractivity contribution >= 4 is 33.4 Å². The largest absolute Gasteiger partial charge is 0.396 e. The second-order valence-electron chi connectivity index (χ2n) is 4.78. The Balaban J connectivity index is 2.19. The van der Waals surface area contributed by atoms with Crippen molar-refractivity contribution in [3.05, 3.63) is 33.3 Å². The van der Waals surface area contributed by atoms with Crippen molar-refractivity contribution in [2.45, 2.75) is 31.7 Å². The van der Waals surface area contributed by atoms with Crippen LogP contribution in [0.5, 0.6) is 0 Å². The molecule has 1 N–H and O–H groups in total. The van der Waals surface area contributed by atoms with Crippen molar-refractivity contribution in [1.82, 2.24) is 4.90 Å². The highest BCUT2D eigenvalue weighted by molar-refractivity contribution is 9.10. The molecule has 0 atom stereocenters. The van der Waals surface area contributed by atoms with Gasteiger partial charge in [-0.2, -0.15) is 0 Å². The summed E-state index contributed by atoms with van der Waals surface area (Å²) in [6.45, 7) is 0.701. The molecule has 0 heterocycles. The molecule has 104 valence electrons. The highest BCUT2D eigenvalue weighted by Crippen LogP contribution is 2.29. The zero-order valence-electron chi connectivity index (χ0n) is 10.6. The Hall–Kier alpha value is -0.580. The van der Waals surface area contributed by atoms with Crippen molar-refractivity contribution in [1.29, 1.82) is 0 Å². The van der Waals surface area contributed by atoms with Crippen LogP contribution in [0.1, 0.15) is 36.0 Å². The first-order chi connectivity index (χ1) is 9.13. The van der Waals surface area contributed by atoms with Gasteiger partial charge in [0, 0.05) is 28.7 Å². The first kappa shape index (κ1) is 14.8. The summed E-state index contributed by atoms with van der Waals surface area (Å²) in [5.74, 6) is -0.00692. The van der Waals surface area contributed by atoms with Gasteiger partial charge in [-0.3, -0.25) is 4.79 Å². The second-order valence-corrected chi connectivity index (χ2v) is 6.08.